The predicted octanol–water partition coefficient (Wildman–Crippen LogP) is 0.402. The molecule has 1 aromatic carbocycles. The van der Waals surface area contributed by atoms with Crippen molar-refractivity contribution in [2.75, 3.05) is 6.61 Å². The van der Waals surface area contributed by atoms with Crippen molar-refractivity contribution >= 4 is 24.2 Å². The first-order chi connectivity index (χ1) is 11.2. The van der Waals surface area contributed by atoms with Crippen molar-refractivity contribution in [2.24, 2.45) is 17.2 Å². The molecular weight excluding hydrogens is 326 g/mol. The molecule has 0 aromatic heterocycles. The van der Waals surface area contributed by atoms with Gasteiger partial charge in [0.25, 0.3) is 0 Å². The number of rotatable bonds is 6. The van der Waals surface area contributed by atoms with Crippen molar-refractivity contribution in [1.82, 2.24) is 0 Å². The van der Waals surface area contributed by atoms with Crippen LogP contribution in [0.3, 0.4) is 0 Å². The third kappa shape index (κ3) is 5.22. The first-order valence-corrected chi connectivity index (χ1v) is 6.12. The van der Waals surface area contributed by atoms with Crippen molar-refractivity contribution in [2.45, 2.75) is 0 Å². The van der Waals surface area contributed by atoms with Gasteiger partial charge in [0.05, 0.1) is 5.56 Å². The van der Waals surface area contributed by atoms with Gasteiger partial charge in [-0.2, -0.15) is 0 Å². The third-order valence-corrected chi connectivity index (χ3v) is 2.21. The normalized spacial score (nSPS) is 9.50. The fourth-order valence-corrected chi connectivity index (χ4v) is 1.48. The lowest BCUT2D eigenvalue weighted by Crippen LogP contribution is -2.22. The van der Waals surface area contributed by atoms with Gasteiger partial charge in [0.1, 0.15) is 6.61 Å². The van der Waals surface area contributed by atoms with Gasteiger partial charge in [0.2, 0.25) is 5.75 Å². The Morgan fingerprint density at radius 3 is 1.75 bits per heavy atom. The van der Waals surface area contributed by atoms with Gasteiger partial charge in [-0.3, -0.25) is 0 Å². The minimum Gasteiger partial charge on any atom is -0.458 e. The Morgan fingerprint density at radius 2 is 1.38 bits per heavy atom. The van der Waals surface area contributed by atoms with Gasteiger partial charge in [-0.25, -0.2) is 19.2 Å². The maximum atomic E-state index is 11.9. The van der Waals surface area contributed by atoms with E-state index in [1.807, 2.05) is 0 Å². The van der Waals surface area contributed by atoms with E-state index in [0.29, 0.717) is 0 Å². The summed E-state index contributed by atoms with van der Waals surface area (Å²) in [4.78, 5) is 44.7. The van der Waals surface area contributed by atoms with Crippen molar-refractivity contribution in [3.8, 4) is 17.2 Å². The van der Waals surface area contributed by atoms with Crippen LogP contribution in [-0.4, -0.2) is 30.9 Å². The number of primary amides is 3. The maximum Gasteiger partial charge on any atom is 0.410 e. The molecule has 0 atom stereocenters. The van der Waals surface area contributed by atoms with E-state index >= 15 is 0 Å². The van der Waals surface area contributed by atoms with Crippen LogP contribution in [0.4, 0.5) is 14.4 Å². The molecule has 0 heterocycles. The second-order valence-corrected chi connectivity index (χ2v) is 3.95. The summed E-state index contributed by atoms with van der Waals surface area (Å²) in [5.41, 5.74) is 14.4. The number of esters is 1. The predicted molar refractivity (Wildman–Crippen MR) is 77.6 cm³/mol. The summed E-state index contributed by atoms with van der Waals surface area (Å²) >= 11 is 0. The standard InChI is InChI=1S/C13H13N3O8/c1-2-3-21-10(17)6-4-7(22-11(14)18)9(24-13(16)20)8(5-6)23-12(15)19/h2,4-5H,1,3H2,(H2,14,18)(H2,15,19)(H2,16,20). The van der Waals surface area contributed by atoms with Gasteiger partial charge in [-0.1, -0.05) is 12.7 Å². The molecule has 128 valence electrons. The van der Waals surface area contributed by atoms with Crippen LogP contribution in [0.5, 0.6) is 17.2 Å². The molecule has 0 saturated heterocycles. The quantitative estimate of drug-likeness (QED) is 0.491. The highest BCUT2D eigenvalue weighted by Gasteiger charge is 2.23. The minimum atomic E-state index is -1.32. The summed E-state index contributed by atoms with van der Waals surface area (Å²) in [7, 11) is 0. The van der Waals surface area contributed by atoms with Crippen LogP contribution in [-0.2, 0) is 4.74 Å². The van der Waals surface area contributed by atoms with Crippen molar-refractivity contribution in [1.29, 1.82) is 0 Å². The van der Waals surface area contributed by atoms with E-state index in [9.17, 15) is 19.2 Å². The van der Waals surface area contributed by atoms with Crippen LogP contribution < -0.4 is 31.4 Å². The monoisotopic (exact) mass is 339 g/mol. The van der Waals surface area contributed by atoms with E-state index in [4.69, 9.17) is 21.9 Å². The highest BCUT2D eigenvalue weighted by atomic mass is 16.6. The molecule has 1 aromatic rings. The van der Waals surface area contributed by atoms with Gasteiger partial charge in [-0.05, 0) is 12.1 Å². The Hall–Kier alpha value is -3.76. The average Bonchev–Trinajstić information content (AvgIpc) is 2.46. The van der Waals surface area contributed by atoms with E-state index in [2.05, 4.69) is 20.8 Å². The molecule has 0 fully saturated rings. The summed E-state index contributed by atoms with van der Waals surface area (Å²) in [6, 6.07) is 1.92. The number of carbonyl (C=O) groups is 4. The average molecular weight is 339 g/mol. The second-order valence-electron chi connectivity index (χ2n) is 3.95. The molecular formula is C13H13N3O8. The van der Waals surface area contributed by atoms with E-state index < -0.39 is 41.5 Å². The number of benzene rings is 1. The lowest BCUT2D eigenvalue weighted by Gasteiger charge is -2.14. The molecule has 0 aliphatic rings. The number of hydrogen-bond donors (Lipinski definition) is 3. The lowest BCUT2D eigenvalue weighted by atomic mass is 10.2. The van der Waals surface area contributed by atoms with Crippen LogP contribution in [0.15, 0.2) is 24.8 Å². The fraction of sp³-hybridized carbons (Fsp3) is 0.0769. The SMILES string of the molecule is C=CCOC(=O)c1cc(OC(N)=O)c(OC(N)=O)c(OC(N)=O)c1. The number of amides is 3. The Morgan fingerprint density at radius 1 is 0.917 bits per heavy atom. The molecule has 0 radical (unpaired) electrons. The molecule has 24 heavy (non-hydrogen) atoms. The van der Waals surface area contributed by atoms with Crippen molar-refractivity contribution < 1.29 is 38.1 Å². The van der Waals surface area contributed by atoms with Crippen LogP contribution >= 0.6 is 0 Å². The molecule has 11 nitrogen and oxygen atoms in total. The zero-order valence-electron chi connectivity index (χ0n) is 12.1. The van der Waals surface area contributed by atoms with Gasteiger partial charge in [-0.15, -0.1) is 0 Å². The first-order valence-electron chi connectivity index (χ1n) is 6.12. The molecule has 0 saturated carbocycles. The lowest BCUT2D eigenvalue weighted by molar-refractivity contribution is 0.0548. The number of ether oxygens (including phenoxy) is 4. The molecule has 11 heteroatoms. The van der Waals surface area contributed by atoms with E-state index in [-0.39, 0.29) is 12.2 Å². The highest BCUT2D eigenvalue weighted by molar-refractivity contribution is 5.92. The maximum absolute atomic E-state index is 11.9. The molecule has 0 bridgehead atoms. The van der Waals surface area contributed by atoms with Gasteiger partial charge in [0, 0.05) is 0 Å². The molecule has 0 aliphatic heterocycles. The number of carbonyl (C=O) groups excluding carboxylic acids is 4. The zero-order chi connectivity index (χ0) is 18.3. The van der Waals surface area contributed by atoms with E-state index in [1.165, 1.54) is 6.08 Å². The molecule has 6 N–H and O–H groups in total. The van der Waals surface area contributed by atoms with Crippen LogP contribution in [0.25, 0.3) is 0 Å². The largest absolute Gasteiger partial charge is 0.458 e. The Kier molecular flexibility index (Phi) is 6.12. The van der Waals surface area contributed by atoms with E-state index in [1.54, 1.807) is 0 Å². The zero-order valence-corrected chi connectivity index (χ0v) is 12.1. The van der Waals surface area contributed by atoms with Crippen molar-refractivity contribution in [3.63, 3.8) is 0 Å². The molecule has 0 aliphatic carbocycles. The number of hydrogen-bond acceptors (Lipinski definition) is 8. The summed E-state index contributed by atoms with van der Waals surface area (Å²) in [6.45, 7) is 3.25. The van der Waals surface area contributed by atoms with Crippen molar-refractivity contribution in [3.05, 3.63) is 30.4 Å². The molecule has 0 spiro atoms. The Bertz CT molecular complexity index is 663. The second kappa shape index (κ2) is 8.03. The van der Waals surface area contributed by atoms with Gasteiger partial charge in [0.15, 0.2) is 11.5 Å². The first kappa shape index (κ1) is 18.3. The fourth-order valence-electron chi connectivity index (χ4n) is 1.48. The summed E-state index contributed by atoms with van der Waals surface area (Å²) < 4.78 is 18.6. The highest BCUT2D eigenvalue weighted by Crippen LogP contribution is 2.39. The summed E-state index contributed by atoms with van der Waals surface area (Å²) in [6.07, 6.45) is -2.61. The Balaban J connectivity index is 3.44. The van der Waals surface area contributed by atoms with Gasteiger partial charge < -0.3 is 36.1 Å². The number of nitrogens with two attached hydrogens (primary N) is 3. The summed E-state index contributed by atoms with van der Waals surface area (Å²) in [5, 5.41) is 0. The molecule has 0 unspecified atom stereocenters. The third-order valence-electron chi connectivity index (χ3n) is 2.21. The van der Waals surface area contributed by atoms with E-state index in [0.717, 1.165) is 12.1 Å². The van der Waals surface area contributed by atoms with Crippen LogP contribution in [0.1, 0.15) is 10.4 Å². The van der Waals surface area contributed by atoms with Crippen LogP contribution in [0, 0.1) is 0 Å². The van der Waals surface area contributed by atoms with Crippen LogP contribution in [0.2, 0.25) is 0 Å². The smallest absolute Gasteiger partial charge is 0.410 e. The molecule has 1 rings (SSSR count). The topological polar surface area (TPSA) is 183 Å². The minimum absolute atomic E-state index is 0.115. The molecule has 3 amide bonds. The van der Waals surface area contributed by atoms with Gasteiger partial charge >= 0.3 is 24.2 Å². The summed E-state index contributed by atoms with van der Waals surface area (Å²) in [5.74, 6) is -2.51. The Labute approximate surface area is 134 Å².